The monoisotopic (exact) mass is 1910 g/mol. The normalized spacial score (nSPS) is 29.4. The lowest BCUT2D eigenvalue weighted by Crippen LogP contribution is -2.64. The van der Waals surface area contributed by atoms with E-state index in [1.165, 1.54) is 54.7 Å². The van der Waals surface area contributed by atoms with Crippen molar-refractivity contribution in [3.63, 3.8) is 0 Å². The van der Waals surface area contributed by atoms with Crippen LogP contribution >= 0.6 is 38.4 Å². The third kappa shape index (κ3) is 23.2. The predicted octanol–water partition coefficient (Wildman–Crippen LogP) is 0.456. The molecular formula is C81H103Cl2N11O34P2. The summed E-state index contributed by atoms with van der Waals surface area (Å²) in [5.74, 6) is -20.0. The molecule has 8 aliphatic heterocycles. The SMILES string of the molecule is CNC(CC(C)C)C(=O)NC1C(=O)NC(CC(N)=O)C(=O)NC2C(=O)NC3C(=O)NC(C(=O)N[C@@H](C(=O)O)c4cc(O)cc(O)c4-c4cc3ccc4O)[C@H](OC3CC(C)(N)C(O)C(C)O3)c3ccc(c(Cl)c3)Oc3cc2cc(c3OC2OC(COC(=O)CC(C)(C)CC(=O)NC(P(=O)(O)O)P(=O)(O)O)C(O)C(O)C2OC2CC(C)(N)C(O)C(C)O2)Oc2ccc(cc2Cl)[C@@H]1O. The number of aliphatic hydroxyl groups excluding tert-OH is 5. The maximum absolute atomic E-state index is 16.6. The maximum Gasteiger partial charge on any atom is 0.360 e. The third-order valence-electron chi connectivity index (χ3n) is 22.6. The van der Waals surface area contributed by atoms with Crippen LogP contribution in [0, 0.1) is 11.3 Å². The Bertz CT molecular complexity index is 5270. The van der Waals surface area contributed by atoms with E-state index in [2.05, 4.69) is 37.2 Å². The lowest BCUT2D eigenvalue weighted by molar-refractivity contribution is -0.333. The van der Waals surface area contributed by atoms with E-state index in [0.717, 1.165) is 72.8 Å². The van der Waals surface area contributed by atoms with Crippen molar-refractivity contribution in [3.05, 3.63) is 117 Å². The number of nitrogens with two attached hydrogens (primary N) is 3. The molecule has 8 heterocycles. The van der Waals surface area contributed by atoms with Crippen molar-refractivity contribution in [2.24, 2.45) is 28.5 Å². The van der Waals surface area contributed by atoms with Crippen molar-refractivity contribution < 1.29 is 165 Å². The van der Waals surface area contributed by atoms with E-state index in [4.69, 9.17) is 83.0 Å². The van der Waals surface area contributed by atoms with E-state index in [1.807, 2.05) is 0 Å². The quantitative estimate of drug-likeness (QED) is 0.0312. The van der Waals surface area contributed by atoms with Gasteiger partial charge >= 0.3 is 27.1 Å². The van der Waals surface area contributed by atoms with Crippen molar-refractivity contribution >= 4 is 97.6 Å². The van der Waals surface area contributed by atoms with E-state index < -0.39 is 341 Å². The van der Waals surface area contributed by atoms with Crippen LogP contribution in [0.4, 0.5) is 0 Å². The van der Waals surface area contributed by atoms with Crippen LogP contribution in [-0.4, -0.2) is 247 Å². The number of fused-ring (bicyclic) bond motifs is 15. The molecule has 130 heavy (non-hydrogen) atoms. The van der Waals surface area contributed by atoms with Crippen LogP contribution in [0.1, 0.15) is 152 Å². The Kier molecular flexibility index (Phi) is 30.8. The van der Waals surface area contributed by atoms with E-state index >= 15 is 24.0 Å². The number of phenolic OH excluding ortho intramolecular Hbond substituents is 3. The van der Waals surface area contributed by atoms with Gasteiger partial charge in [0.05, 0.1) is 53.3 Å². The molecule has 11 bridgehead atoms. The molecule has 710 valence electrons. The maximum atomic E-state index is 16.6. The van der Waals surface area contributed by atoms with Gasteiger partial charge in [-0.2, -0.15) is 0 Å². The van der Waals surface area contributed by atoms with E-state index in [0.29, 0.717) is 0 Å². The lowest BCUT2D eigenvalue weighted by Gasteiger charge is -2.47. The topological polar surface area (TPSA) is 725 Å². The number of halogens is 2. The van der Waals surface area contributed by atoms with E-state index in [1.54, 1.807) is 19.2 Å². The summed E-state index contributed by atoms with van der Waals surface area (Å²) in [5.41, 5.74) is 8.20. The summed E-state index contributed by atoms with van der Waals surface area (Å²) < 4.78 is 82.1. The summed E-state index contributed by atoms with van der Waals surface area (Å²) in [6, 6.07) is -1.82. The molecule has 0 saturated carbocycles. The Balaban J connectivity index is 1.16. The van der Waals surface area contributed by atoms with Crippen LogP contribution in [0.15, 0.2) is 78.9 Å². The summed E-state index contributed by atoms with van der Waals surface area (Å²) in [6.07, 6.45) is -26.8. The number of carboxylic acids is 1. The number of amides is 8. The fourth-order valence-corrected chi connectivity index (χ4v) is 18.6. The van der Waals surface area contributed by atoms with Gasteiger partial charge < -0.3 is 168 Å². The van der Waals surface area contributed by atoms with Crippen molar-refractivity contribution in [3.8, 4) is 57.1 Å². The molecule has 22 atom stereocenters. The molecule has 0 radical (unpaired) electrons. The average Bonchev–Trinajstić information content (AvgIpc) is 0.771. The number of phenols is 3. The molecule has 49 heteroatoms. The largest absolute Gasteiger partial charge is 0.508 e. The van der Waals surface area contributed by atoms with Gasteiger partial charge in [-0.1, -0.05) is 69.1 Å². The molecule has 5 aromatic carbocycles. The first-order valence-electron chi connectivity index (χ1n) is 40.5. The lowest BCUT2D eigenvalue weighted by atomic mass is 9.85. The number of rotatable bonds is 23. The number of aliphatic hydroxyl groups is 5. The number of carbonyl (C=O) groups excluding carboxylic acids is 9. The highest BCUT2D eigenvalue weighted by Crippen LogP contribution is 2.59. The minimum absolute atomic E-state index is 0.146. The molecule has 8 aliphatic rings. The summed E-state index contributed by atoms with van der Waals surface area (Å²) >= 11 is 14.6. The summed E-state index contributed by atoms with van der Waals surface area (Å²) in [7, 11) is -9.98. The molecular weight excluding hydrogens is 1800 g/mol. The van der Waals surface area contributed by atoms with Gasteiger partial charge in [0.2, 0.25) is 64.8 Å². The minimum atomic E-state index is -5.71. The van der Waals surface area contributed by atoms with Gasteiger partial charge in [-0.15, -0.1) is 0 Å². The van der Waals surface area contributed by atoms with Crippen LogP contribution in [0.2, 0.25) is 10.0 Å². The highest BCUT2D eigenvalue weighted by molar-refractivity contribution is 7.70. The van der Waals surface area contributed by atoms with Gasteiger partial charge in [-0.05, 0) is 129 Å². The Hall–Kier alpha value is -10.0. The molecule has 45 nitrogen and oxygen atoms in total. The smallest absolute Gasteiger partial charge is 0.360 e. The van der Waals surface area contributed by atoms with Crippen molar-refractivity contribution in [1.29, 1.82) is 0 Å². The number of hydrogen-bond donors (Lipinski definition) is 24. The first kappa shape index (κ1) is 101. The van der Waals surface area contributed by atoms with Gasteiger partial charge in [-0.3, -0.25) is 52.3 Å². The molecule has 3 saturated heterocycles. The molecule has 3 fully saturated rings. The van der Waals surface area contributed by atoms with E-state index in [9.17, 15) is 98.6 Å². The molecule has 5 aromatic rings. The van der Waals surface area contributed by atoms with Crippen LogP contribution in [0.3, 0.4) is 0 Å². The molecule has 13 rings (SSSR count). The van der Waals surface area contributed by atoms with Crippen LogP contribution in [0.25, 0.3) is 11.1 Å². The fraction of sp³-hybridized carbons (Fsp3) is 0.506. The van der Waals surface area contributed by atoms with Crippen molar-refractivity contribution in [1.82, 2.24) is 42.5 Å². The van der Waals surface area contributed by atoms with Gasteiger partial charge in [0.1, 0.15) is 96.1 Å². The highest BCUT2D eigenvalue weighted by Gasteiger charge is 2.54. The number of primary amides is 1. The zero-order chi connectivity index (χ0) is 96.0. The van der Waals surface area contributed by atoms with Crippen LogP contribution < -0.4 is 73.9 Å². The number of esters is 1. The van der Waals surface area contributed by atoms with Crippen molar-refractivity contribution in [2.45, 2.75) is 233 Å². The van der Waals surface area contributed by atoms with Gasteiger partial charge in [0.25, 0.3) is 0 Å². The second-order valence-corrected chi connectivity index (χ2v) is 39.0. The first-order chi connectivity index (χ1) is 60.5. The fourth-order valence-electron chi connectivity index (χ4n) is 15.9. The predicted molar refractivity (Wildman–Crippen MR) is 449 cm³/mol. The summed E-state index contributed by atoms with van der Waals surface area (Å²) in [4.78, 5) is 187. The third-order valence-corrected chi connectivity index (χ3v) is 26.5. The first-order valence-corrected chi connectivity index (χ1v) is 44.7. The number of carboxylic acid groups (broad SMARTS) is 1. The van der Waals surface area contributed by atoms with Crippen molar-refractivity contribution in [2.75, 3.05) is 13.7 Å². The molecule has 0 aromatic heterocycles. The standard InChI is InChI=1S/C81H103Cl2N11O34P2/c1-30(2)16-42(87-9)70(106)93-60-62(101)34-11-14-46(40(82)18-34)123-48-20-36-21-49(66(48)128-77-67(127-55-28-81(8,86)69(105)32(4)122-55)64(103)63(102)50(125-77)29-120-53(100)26-79(5,6)25-52(99)89-78(129(114,115)116)130(117,118)119)124-47-15-12-35(19-41(47)83)65(126-54-27-80(7,85)68(104)31(3)121-54)61-75(111)92-59(76(112)113)39-22-37(95)23-45(97)56(39)38-17-33(10-13-44(38)96)57(72(108)94-61)91-73(109)58(36)90-71(107)43(24-51(84)98)88-74(60)110/h10-15,17-23,30-32,42-43,50,54-55,57-65,67-69,77-78,87,95-97,101-105H,16,24-29,85-86H2,1-9H3,(H2,84,98)(H,88,110)(H,89,99)(H,90,107)(H,91,109)(H,92,111)(H,93,106)(H,94,108)(H,112,113)(H2,114,115,116)(H2,117,118,119)/t31?,32?,42?,43?,50?,54?,55?,57?,58?,59-,60?,61?,62+,63?,64?,65-,67?,68?,69?,77?,80?,81?/m1/s1. The van der Waals surface area contributed by atoms with Crippen LogP contribution in [0.5, 0.6) is 46.0 Å². The van der Waals surface area contributed by atoms with Gasteiger partial charge in [-0.25, -0.2) is 4.79 Å². The molecule has 0 spiro atoms. The Morgan fingerprint density at radius 1 is 0.654 bits per heavy atom. The highest BCUT2D eigenvalue weighted by atomic mass is 35.5. The average molecular weight is 1910 g/mol. The minimum Gasteiger partial charge on any atom is -0.508 e. The number of benzene rings is 5. The molecule has 8 amide bonds. The van der Waals surface area contributed by atoms with Gasteiger partial charge in [0.15, 0.2) is 36.2 Å². The van der Waals surface area contributed by atoms with Gasteiger partial charge in [0, 0.05) is 53.1 Å². The number of likely N-dealkylation sites (N-methyl/N-ethyl adjacent to an activating group) is 1. The second kappa shape index (κ2) is 39.8. The number of aliphatic carboxylic acids is 1. The number of aromatic hydroxyl groups is 3. The number of carbonyl (C=O) groups is 10. The Morgan fingerprint density at radius 2 is 1.21 bits per heavy atom. The zero-order valence-corrected chi connectivity index (χ0v) is 74.2. The Labute approximate surface area is 750 Å². The number of ether oxygens (including phenoxy) is 9. The molecule has 27 N–H and O–H groups in total. The van der Waals surface area contributed by atoms with E-state index in [-0.39, 0.29) is 23.5 Å². The molecule has 19 unspecified atom stereocenters. The number of nitrogens with one attached hydrogen (secondary N) is 8. The Morgan fingerprint density at radius 3 is 1.76 bits per heavy atom. The zero-order valence-electron chi connectivity index (χ0n) is 70.9. The summed E-state index contributed by atoms with van der Waals surface area (Å²) in [5, 5.41) is 124. The molecule has 0 aliphatic carbocycles. The summed E-state index contributed by atoms with van der Waals surface area (Å²) in [6.45, 7) is 10.8. The van der Waals surface area contributed by atoms with Crippen LogP contribution in [-0.2, 0) is 85.5 Å². The number of hydrogen-bond acceptors (Lipinski definition) is 32. The second-order valence-electron chi connectivity index (χ2n) is 34.4.